The van der Waals surface area contributed by atoms with E-state index in [9.17, 15) is 27.9 Å². The van der Waals surface area contributed by atoms with E-state index in [-0.39, 0.29) is 35.6 Å². The molecule has 3 rings (SSSR count). The summed E-state index contributed by atoms with van der Waals surface area (Å²) in [6.45, 7) is -1.02. The molecule has 2 aliphatic rings. The Morgan fingerprint density at radius 2 is 2.04 bits per heavy atom. The highest BCUT2D eigenvalue weighted by Crippen LogP contribution is 2.48. The van der Waals surface area contributed by atoms with Crippen LogP contribution in [-0.2, 0) is 4.79 Å². The van der Waals surface area contributed by atoms with Crippen LogP contribution in [0, 0.1) is 5.82 Å². The van der Waals surface area contributed by atoms with E-state index in [0.717, 1.165) is 17.0 Å². The van der Waals surface area contributed by atoms with Gasteiger partial charge in [-0.25, -0.2) is 13.2 Å². The van der Waals surface area contributed by atoms with Crippen molar-refractivity contribution in [2.75, 3.05) is 6.54 Å². The van der Waals surface area contributed by atoms with Crippen molar-refractivity contribution in [3.63, 3.8) is 0 Å². The second-order valence-electron chi connectivity index (χ2n) is 6.03. The number of aliphatic hydroxyl groups excluding tert-OH is 1. The van der Waals surface area contributed by atoms with Gasteiger partial charge >= 0.3 is 0 Å². The fourth-order valence-corrected chi connectivity index (χ4v) is 3.66. The van der Waals surface area contributed by atoms with Crippen molar-refractivity contribution in [2.45, 2.75) is 36.8 Å². The van der Waals surface area contributed by atoms with E-state index >= 15 is 0 Å². The molecule has 1 heterocycles. The Balaban J connectivity index is 2.03. The molecule has 2 atom stereocenters. The van der Waals surface area contributed by atoms with Crippen LogP contribution < -0.4 is 0 Å². The zero-order valence-corrected chi connectivity index (χ0v) is 12.6. The van der Waals surface area contributed by atoms with E-state index in [1.807, 2.05) is 0 Å². The Kier molecular flexibility index (Phi) is 3.68. The summed E-state index contributed by atoms with van der Waals surface area (Å²) in [5, 5.41) is 9.96. The maximum absolute atomic E-state index is 14.0. The number of Topliss-reactive ketones (excluding diaryl/α,β-unsaturated/α-hetero) is 1. The van der Waals surface area contributed by atoms with Crippen LogP contribution in [0.25, 0.3) is 0 Å². The van der Waals surface area contributed by atoms with Crippen molar-refractivity contribution in [3.8, 4) is 0 Å². The van der Waals surface area contributed by atoms with Gasteiger partial charge in [0, 0.05) is 23.4 Å². The molecule has 1 saturated carbocycles. The second kappa shape index (κ2) is 5.21. The first kappa shape index (κ1) is 16.3. The molecule has 0 bridgehead atoms. The summed E-state index contributed by atoms with van der Waals surface area (Å²) in [6.07, 6.45) is -2.49. The van der Waals surface area contributed by atoms with Gasteiger partial charge in [-0.3, -0.25) is 9.59 Å². The minimum absolute atomic E-state index is 0.0147. The number of carbonyl (C=O) groups excluding carboxylic acids is 2. The molecule has 1 aromatic rings. The molecular formula is C15H13ClF3NO3. The van der Waals surface area contributed by atoms with Crippen molar-refractivity contribution in [2.24, 2.45) is 0 Å². The van der Waals surface area contributed by atoms with Gasteiger partial charge in [-0.15, -0.1) is 0 Å². The smallest absolute Gasteiger partial charge is 0.292 e. The zero-order chi connectivity index (χ0) is 17.0. The number of hydrogen-bond acceptors (Lipinski definition) is 3. The van der Waals surface area contributed by atoms with Crippen LogP contribution in [0.5, 0.6) is 0 Å². The van der Waals surface area contributed by atoms with Gasteiger partial charge in [0.1, 0.15) is 17.7 Å². The van der Waals surface area contributed by atoms with E-state index in [0.29, 0.717) is 0 Å². The van der Waals surface area contributed by atoms with Crippen molar-refractivity contribution in [1.29, 1.82) is 0 Å². The highest BCUT2D eigenvalue weighted by molar-refractivity contribution is 6.31. The average Bonchev–Trinajstić information content (AvgIpc) is 2.92. The van der Waals surface area contributed by atoms with Crippen LogP contribution in [0.2, 0.25) is 5.02 Å². The Labute approximate surface area is 134 Å². The zero-order valence-electron chi connectivity index (χ0n) is 11.9. The lowest BCUT2D eigenvalue weighted by molar-refractivity contribution is -0.120. The first-order valence-corrected chi connectivity index (χ1v) is 7.39. The van der Waals surface area contributed by atoms with E-state index in [1.165, 1.54) is 6.07 Å². The maximum Gasteiger partial charge on any atom is 0.292 e. The molecular weight excluding hydrogens is 335 g/mol. The van der Waals surface area contributed by atoms with Crippen molar-refractivity contribution >= 4 is 23.3 Å². The third kappa shape index (κ3) is 2.52. The molecule has 124 valence electrons. The molecule has 23 heavy (non-hydrogen) atoms. The fourth-order valence-electron chi connectivity index (χ4n) is 3.44. The summed E-state index contributed by atoms with van der Waals surface area (Å²) >= 11 is 5.70. The molecule has 1 saturated heterocycles. The van der Waals surface area contributed by atoms with E-state index in [1.54, 1.807) is 0 Å². The number of likely N-dealkylation sites (tertiary alicyclic amines) is 1. The van der Waals surface area contributed by atoms with Gasteiger partial charge in [0.15, 0.2) is 0 Å². The Bertz CT molecular complexity index is 676. The van der Waals surface area contributed by atoms with Gasteiger partial charge in [-0.1, -0.05) is 11.6 Å². The largest absolute Gasteiger partial charge is 0.384 e. The fraction of sp³-hybridized carbons (Fsp3) is 0.467. The molecule has 1 aromatic carbocycles. The highest BCUT2D eigenvalue weighted by Gasteiger charge is 2.66. The third-order valence-corrected chi connectivity index (χ3v) is 4.73. The third-order valence-electron chi connectivity index (χ3n) is 4.51. The lowest BCUT2D eigenvalue weighted by atomic mass is 9.89. The van der Waals surface area contributed by atoms with Gasteiger partial charge in [0.2, 0.25) is 0 Å². The number of rotatable bonds is 1. The number of carbonyl (C=O) groups is 2. The predicted molar refractivity (Wildman–Crippen MR) is 75.0 cm³/mol. The van der Waals surface area contributed by atoms with E-state index < -0.39 is 35.8 Å². The normalized spacial score (nSPS) is 29.5. The van der Waals surface area contributed by atoms with Crippen molar-refractivity contribution in [3.05, 3.63) is 34.6 Å². The van der Waals surface area contributed by atoms with Gasteiger partial charge in [-0.05, 0) is 24.6 Å². The summed E-state index contributed by atoms with van der Waals surface area (Å²) in [7, 11) is 0. The molecule has 0 radical (unpaired) electrons. The molecule has 1 aliphatic carbocycles. The summed E-state index contributed by atoms with van der Waals surface area (Å²) in [5.41, 5.74) is -1.84. The lowest BCUT2D eigenvalue weighted by Gasteiger charge is -2.35. The number of amides is 1. The van der Waals surface area contributed by atoms with Crippen LogP contribution in [-0.4, -0.2) is 45.8 Å². The summed E-state index contributed by atoms with van der Waals surface area (Å²) in [6, 6.07) is 3.04. The van der Waals surface area contributed by atoms with Crippen LogP contribution in [0.1, 0.15) is 29.6 Å². The molecule has 2 fully saturated rings. The Morgan fingerprint density at radius 1 is 1.35 bits per heavy atom. The van der Waals surface area contributed by atoms with Gasteiger partial charge < -0.3 is 10.0 Å². The second-order valence-corrected chi connectivity index (χ2v) is 6.47. The Hall–Kier alpha value is -1.60. The molecule has 1 aliphatic heterocycles. The molecule has 2 unspecified atom stereocenters. The number of aliphatic hydroxyl groups is 1. The molecule has 4 nitrogen and oxygen atoms in total. The predicted octanol–water partition coefficient (Wildman–Crippen LogP) is 2.42. The van der Waals surface area contributed by atoms with E-state index in [4.69, 9.17) is 11.6 Å². The minimum Gasteiger partial charge on any atom is -0.384 e. The lowest BCUT2D eigenvalue weighted by Crippen LogP contribution is -2.52. The number of nitrogens with zero attached hydrogens (tertiary/aromatic N) is 1. The molecule has 8 heteroatoms. The SMILES string of the molecule is O=C1CCC2(C1)C(O)C(F)(F)CN2C(=O)c1cc(F)cc(Cl)c1. The topological polar surface area (TPSA) is 57.6 Å². The Morgan fingerprint density at radius 3 is 2.61 bits per heavy atom. The maximum atomic E-state index is 14.0. The first-order chi connectivity index (χ1) is 10.7. The van der Waals surface area contributed by atoms with Crippen molar-refractivity contribution in [1.82, 2.24) is 4.90 Å². The molecule has 1 N–H and O–H groups in total. The van der Waals surface area contributed by atoms with Crippen LogP contribution in [0.4, 0.5) is 13.2 Å². The number of alkyl halides is 2. The molecule has 1 amide bonds. The average molecular weight is 348 g/mol. The summed E-state index contributed by atoms with van der Waals surface area (Å²) in [5.74, 6) is -5.48. The number of halogens is 4. The van der Waals surface area contributed by atoms with Gasteiger partial charge in [-0.2, -0.15) is 0 Å². The van der Waals surface area contributed by atoms with Crippen molar-refractivity contribution < 1.29 is 27.9 Å². The number of ketones is 1. The van der Waals surface area contributed by atoms with Gasteiger partial charge in [0.25, 0.3) is 11.8 Å². The summed E-state index contributed by atoms with van der Waals surface area (Å²) < 4.78 is 41.4. The first-order valence-electron chi connectivity index (χ1n) is 7.01. The summed E-state index contributed by atoms with van der Waals surface area (Å²) in [4.78, 5) is 25.0. The van der Waals surface area contributed by atoms with Crippen LogP contribution in [0.3, 0.4) is 0 Å². The standard InChI is InChI=1S/C15H13ClF3NO3/c16-9-3-8(4-10(17)5-9)12(22)20-7-15(18,19)13(23)14(20)2-1-11(21)6-14/h3-5,13,23H,1-2,6-7H2. The minimum atomic E-state index is -3.53. The quantitative estimate of drug-likeness (QED) is 0.849. The molecule has 1 spiro atoms. The molecule has 0 aromatic heterocycles. The number of hydrogen-bond donors (Lipinski definition) is 1. The van der Waals surface area contributed by atoms with E-state index in [2.05, 4.69) is 0 Å². The monoisotopic (exact) mass is 347 g/mol. The van der Waals surface area contributed by atoms with Crippen LogP contribution >= 0.6 is 11.6 Å². The van der Waals surface area contributed by atoms with Crippen LogP contribution in [0.15, 0.2) is 18.2 Å². The number of benzene rings is 1. The van der Waals surface area contributed by atoms with Gasteiger partial charge in [0.05, 0.1) is 12.1 Å². The highest BCUT2D eigenvalue weighted by atomic mass is 35.5.